The number of hydrogen-bond acceptors (Lipinski definition) is 4. The molecular weight excluding hydrogens is 216 g/mol. The van der Waals surface area contributed by atoms with Crippen LogP contribution in [0.1, 0.15) is 26.2 Å². The smallest absolute Gasteiger partial charge is 0.160 e. The Kier molecular flexibility index (Phi) is 3.68. The molecule has 1 saturated carbocycles. The molecule has 0 aromatic rings. The van der Waals surface area contributed by atoms with Crippen molar-refractivity contribution >= 4 is 34.6 Å². The molecule has 0 saturated heterocycles. The topological polar surface area (TPSA) is 71.4 Å². The Morgan fingerprint density at radius 3 is 2.20 bits per heavy atom. The highest BCUT2D eigenvalue weighted by molar-refractivity contribution is 7.80. The lowest BCUT2D eigenvalue weighted by Gasteiger charge is -2.23. The van der Waals surface area contributed by atoms with Crippen LogP contribution in [0.5, 0.6) is 0 Å². The Bertz CT molecular complexity index is 316. The van der Waals surface area contributed by atoms with Gasteiger partial charge in [-0.05, 0) is 12.2 Å². The highest BCUT2D eigenvalue weighted by Gasteiger charge is 2.40. The lowest BCUT2D eigenvalue weighted by atomic mass is 9.78. The van der Waals surface area contributed by atoms with Crippen LogP contribution in [0, 0.1) is 11.8 Å². The Morgan fingerprint density at radius 2 is 1.87 bits per heavy atom. The number of carbonyl (C=O) groups is 3. The molecule has 82 valence electrons. The zero-order valence-corrected chi connectivity index (χ0v) is 9.17. The van der Waals surface area contributed by atoms with Gasteiger partial charge in [0.05, 0.1) is 0 Å². The molecule has 0 radical (unpaired) electrons. The number of rotatable bonds is 3. The molecule has 5 heteroatoms. The van der Waals surface area contributed by atoms with Crippen molar-refractivity contribution in [1.82, 2.24) is 0 Å². The van der Waals surface area contributed by atoms with Crippen molar-refractivity contribution in [2.45, 2.75) is 26.2 Å². The molecular formula is C10H12O4S. The largest absolute Gasteiger partial charge is 0.502 e. The second-order valence-electron chi connectivity index (χ2n) is 3.63. The van der Waals surface area contributed by atoms with Gasteiger partial charge in [0.1, 0.15) is 5.92 Å². The molecule has 0 aromatic carbocycles. The predicted octanol–water partition coefficient (Wildman–Crippen LogP) is 1.02. The third-order valence-corrected chi connectivity index (χ3v) is 2.89. The molecule has 1 N–H and O–H groups in total. The van der Waals surface area contributed by atoms with Crippen molar-refractivity contribution in [3.05, 3.63) is 0 Å². The van der Waals surface area contributed by atoms with Crippen LogP contribution >= 0.6 is 12.2 Å². The average Bonchev–Trinajstić information content (AvgIpc) is 2.16. The summed E-state index contributed by atoms with van der Waals surface area (Å²) < 4.78 is 0. The molecule has 0 heterocycles. The maximum absolute atomic E-state index is 11.5. The number of Topliss-reactive ketones (excluding diaryl/α,β-unsaturated/α-hetero) is 3. The molecule has 1 fully saturated rings. The summed E-state index contributed by atoms with van der Waals surface area (Å²) in [6, 6.07) is 0. The lowest BCUT2D eigenvalue weighted by Crippen LogP contribution is -2.40. The minimum absolute atomic E-state index is 0.00250. The number of carbonyl (C=O) groups excluding carboxylic acids is 3. The second kappa shape index (κ2) is 4.61. The first-order valence-corrected chi connectivity index (χ1v) is 5.19. The van der Waals surface area contributed by atoms with E-state index in [1.54, 1.807) is 6.92 Å². The highest BCUT2D eigenvalue weighted by Crippen LogP contribution is 2.25. The van der Waals surface area contributed by atoms with Gasteiger partial charge in [0.2, 0.25) is 0 Å². The molecule has 1 rings (SSSR count). The predicted molar refractivity (Wildman–Crippen MR) is 56.8 cm³/mol. The number of thiocarbonyl (C=S) groups is 1. The summed E-state index contributed by atoms with van der Waals surface area (Å²) in [6.07, 6.45) is 0.172. The molecule has 0 aromatic heterocycles. The van der Waals surface area contributed by atoms with Crippen molar-refractivity contribution in [3.63, 3.8) is 0 Å². The van der Waals surface area contributed by atoms with E-state index in [1.807, 2.05) is 0 Å². The fourth-order valence-corrected chi connectivity index (χ4v) is 1.88. The maximum Gasteiger partial charge on any atom is 0.160 e. The maximum atomic E-state index is 11.5. The number of aliphatic hydroxyl groups is 1. The first kappa shape index (κ1) is 12.0. The standard InChI is InChI=1S/C10H12O4S/c1-2-6(11)9-7(12)3-5(10(14)15)4-8(9)13/h5,9H,2-4H2,1H3,(H,14,15). The van der Waals surface area contributed by atoms with Crippen LogP contribution in [0.4, 0.5) is 0 Å². The van der Waals surface area contributed by atoms with Crippen molar-refractivity contribution < 1.29 is 19.5 Å². The van der Waals surface area contributed by atoms with Gasteiger partial charge in [-0.3, -0.25) is 14.4 Å². The molecule has 1 aliphatic rings. The Labute approximate surface area is 92.7 Å². The summed E-state index contributed by atoms with van der Waals surface area (Å²) in [5.74, 6) is -2.87. The molecule has 0 unspecified atom stereocenters. The number of ketones is 3. The lowest BCUT2D eigenvalue weighted by molar-refractivity contribution is -0.142. The van der Waals surface area contributed by atoms with Gasteiger partial charge in [-0.1, -0.05) is 6.92 Å². The van der Waals surface area contributed by atoms with E-state index >= 15 is 0 Å². The zero-order valence-electron chi connectivity index (χ0n) is 8.36. The Hall–Kier alpha value is -1.10. The molecule has 1 aliphatic carbocycles. The normalized spacial score (nSPS) is 26.5. The van der Waals surface area contributed by atoms with Gasteiger partial charge >= 0.3 is 0 Å². The monoisotopic (exact) mass is 228 g/mol. The summed E-state index contributed by atoms with van der Waals surface area (Å²) >= 11 is 4.52. The van der Waals surface area contributed by atoms with Crippen molar-refractivity contribution in [1.29, 1.82) is 0 Å². The van der Waals surface area contributed by atoms with Crippen LogP contribution in [0.25, 0.3) is 0 Å². The zero-order chi connectivity index (χ0) is 11.6. The molecule has 0 spiro atoms. The Morgan fingerprint density at radius 1 is 1.40 bits per heavy atom. The van der Waals surface area contributed by atoms with Crippen LogP contribution in [0.2, 0.25) is 0 Å². The average molecular weight is 228 g/mol. The van der Waals surface area contributed by atoms with Gasteiger partial charge < -0.3 is 5.11 Å². The molecule has 15 heavy (non-hydrogen) atoms. The minimum Gasteiger partial charge on any atom is -0.502 e. The van der Waals surface area contributed by atoms with Gasteiger partial charge in [-0.2, -0.15) is 0 Å². The van der Waals surface area contributed by atoms with Crippen molar-refractivity contribution in [2.75, 3.05) is 0 Å². The van der Waals surface area contributed by atoms with Crippen LogP contribution in [0.3, 0.4) is 0 Å². The van der Waals surface area contributed by atoms with E-state index in [-0.39, 0.29) is 30.1 Å². The molecule has 4 nitrogen and oxygen atoms in total. The van der Waals surface area contributed by atoms with Gasteiger partial charge in [-0.15, -0.1) is 0 Å². The number of aliphatic hydroxyl groups excluding tert-OH is 1. The Balaban J connectivity index is 2.82. The SMILES string of the molecule is CCC(=O)C1C(=O)CC(C(O)=S)CC1=O. The van der Waals surface area contributed by atoms with E-state index in [4.69, 9.17) is 5.11 Å². The first-order chi connectivity index (χ1) is 6.97. The fourth-order valence-electron chi connectivity index (χ4n) is 1.71. The van der Waals surface area contributed by atoms with E-state index in [0.29, 0.717) is 0 Å². The van der Waals surface area contributed by atoms with Gasteiger partial charge in [0.15, 0.2) is 22.4 Å². The van der Waals surface area contributed by atoms with E-state index in [0.717, 1.165) is 0 Å². The fraction of sp³-hybridized carbons (Fsp3) is 0.600. The van der Waals surface area contributed by atoms with Gasteiger partial charge in [-0.25, -0.2) is 0 Å². The summed E-state index contributed by atoms with van der Waals surface area (Å²) in [5, 5.41) is 8.72. The molecule has 0 bridgehead atoms. The minimum atomic E-state index is -1.11. The first-order valence-electron chi connectivity index (χ1n) is 4.78. The summed E-state index contributed by atoms with van der Waals surface area (Å²) in [7, 11) is 0. The van der Waals surface area contributed by atoms with E-state index < -0.39 is 23.4 Å². The van der Waals surface area contributed by atoms with E-state index in [9.17, 15) is 14.4 Å². The second-order valence-corrected chi connectivity index (χ2v) is 4.05. The van der Waals surface area contributed by atoms with Crippen molar-refractivity contribution in [3.8, 4) is 0 Å². The van der Waals surface area contributed by atoms with Crippen LogP contribution in [0.15, 0.2) is 0 Å². The summed E-state index contributed by atoms with van der Waals surface area (Å²) in [5.41, 5.74) is 0. The summed E-state index contributed by atoms with van der Waals surface area (Å²) in [6.45, 7) is 1.62. The van der Waals surface area contributed by atoms with Crippen LogP contribution in [-0.4, -0.2) is 27.5 Å². The third kappa shape index (κ3) is 2.47. The van der Waals surface area contributed by atoms with Gasteiger partial charge in [0.25, 0.3) is 0 Å². The molecule has 0 amide bonds. The third-order valence-electron chi connectivity index (χ3n) is 2.56. The molecule has 0 atom stereocenters. The molecule has 0 aliphatic heterocycles. The highest BCUT2D eigenvalue weighted by atomic mass is 32.1. The van der Waals surface area contributed by atoms with E-state index in [1.165, 1.54) is 0 Å². The number of hydrogen-bond donors (Lipinski definition) is 1. The summed E-state index contributed by atoms with van der Waals surface area (Å²) in [4.78, 5) is 34.3. The van der Waals surface area contributed by atoms with Gasteiger partial charge in [0, 0.05) is 25.2 Å². The quantitative estimate of drug-likeness (QED) is 0.576. The van der Waals surface area contributed by atoms with Crippen LogP contribution < -0.4 is 0 Å². The van der Waals surface area contributed by atoms with Crippen LogP contribution in [-0.2, 0) is 14.4 Å². The van der Waals surface area contributed by atoms with Crippen molar-refractivity contribution in [2.24, 2.45) is 11.8 Å². The van der Waals surface area contributed by atoms with E-state index in [2.05, 4.69) is 12.2 Å².